The summed E-state index contributed by atoms with van der Waals surface area (Å²) in [6.45, 7) is 13.7. The van der Waals surface area contributed by atoms with Crippen molar-refractivity contribution in [3.05, 3.63) is 64.7 Å². The number of hydrogen-bond donors (Lipinski definition) is 4. The molecule has 3 rings (SSSR count). The molecule has 1 aliphatic carbocycles. The molecule has 0 aliphatic heterocycles. The Morgan fingerprint density at radius 2 is 1.73 bits per heavy atom. The summed E-state index contributed by atoms with van der Waals surface area (Å²) in [6.07, 6.45) is 8.23. The SMILES string of the molecule is C[C@H](Cc1cccc(CC(=O)NC2CCCCCC2)c1)NC[C@@H](O[Si](C)(C)C(C)(C)C)c1ccc(O)c(CO)c1. The number of hydrogen-bond acceptors (Lipinski definition) is 5. The zero-order chi connectivity index (χ0) is 29.3. The molecular weight excluding hydrogens is 516 g/mol. The minimum Gasteiger partial charge on any atom is -0.508 e. The third-order valence-electron chi connectivity index (χ3n) is 8.66. The zero-order valence-electron chi connectivity index (χ0n) is 25.6. The summed E-state index contributed by atoms with van der Waals surface area (Å²) in [7, 11) is -2.08. The number of amides is 1. The van der Waals surface area contributed by atoms with Crippen LogP contribution in [0.5, 0.6) is 5.75 Å². The van der Waals surface area contributed by atoms with E-state index in [4.69, 9.17) is 4.43 Å². The lowest BCUT2D eigenvalue weighted by molar-refractivity contribution is -0.121. The van der Waals surface area contributed by atoms with Gasteiger partial charge in [0.25, 0.3) is 0 Å². The molecule has 1 fully saturated rings. The number of aromatic hydroxyl groups is 1. The predicted octanol–water partition coefficient (Wildman–Crippen LogP) is 6.55. The molecule has 0 radical (unpaired) electrons. The van der Waals surface area contributed by atoms with Crippen LogP contribution in [0.2, 0.25) is 18.1 Å². The number of rotatable bonds is 12. The van der Waals surface area contributed by atoms with E-state index in [1.807, 2.05) is 24.3 Å². The maximum absolute atomic E-state index is 12.7. The van der Waals surface area contributed by atoms with Crippen LogP contribution in [0.1, 0.15) is 94.6 Å². The molecule has 0 saturated heterocycles. The van der Waals surface area contributed by atoms with Crippen molar-refractivity contribution in [1.29, 1.82) is 0 Å². The van der Waals surface area contributed by atoms with Gasteiger partial charge in [0.05, 0.1) is 19.1 Å². The highest BCUT2D eigenvalue weighted by Crippen LogP contribution is 2.40. The lowest BCUT2D eigenvalue weighted by Crippen LogP contribution is -2.44. The molecule has 0 bridgehead atoms. The molecule has 0 heterocycles. The Morgan fingerprint density at radius 3 is 2.38 bits per heavy atom. The summed E-state index contributed by atoms with van der Waals surface area (Å²) in [4.78, 5) is 12.7. The molecule has 4 N–H and O–H groups in total. The summed E-state index contributed by atoms with van der Waals surface area (Å²) in [5.74, 6) is 0.221. The fraction of sp³-hybridized carbons (Fsp3) is 0.606. The van der Waals surface area contributed by atoms with Gasteiger partial charge in [-0.1, -0.05) is 76.8 Å². The number of carbonyl (C=O) groups excluding carboxylic acids is 1. The van der Waals surface area contributed by atoms with Crippen LogP contribution in [0.3, 0.4) is 0 Å². The normalized spacial score (nSPS) is 16.8. The van der Waals surface area contributed by atoms with Crippen molar-refractivity contribution in [2.24, 2.45) is 0 Å². The highest BCUT2D eigenvalue weighted by molar-refractivity contribution is 6.74. The average molecular weight is 569 g/mol. The second kappa shape index (κ2) is 14.6. The van der Waals surface area contributed by atoms with Gasteiger partial charge in [0.1, 0.15) is 5.75 Å². The Hall–Kier alpha value is -2.19. The van der Waals surface area contributed by atoms with Gasteiger partial charge in [-0.05, 0) is 73.1 Å². The van der Waals surface area contributed by atoms with E-state index in [9.17, 15) is 15.0 Å². The summed E-state index contributed by atoms with van der Waals surface area (Å²) in [5.41, 5.74) is 3.71. The third kappa shape index (κ3) is 9.72. The van der Waals surface area contributed by atoms with E-state index >= 15 is 0 Å². The fourth-order valence-electron chi connectivity index (χ4n) is 5.18. The number of phenols is 1. The van der Waals surface area contributed by atoms with E-state index in [-0.39, 0.29) is 35.4 Å². The number of nitrogens with one attached hydrogen (secondary N) is 2. The highest BCUT2D eigenvalue weighted by atomic mass is 28.4. The molecular formula is C33H52N2O4Si. The van der Waals surface area contributed by atoms with Crippen LogP contribution in [0.25, 0.3) is 0 Å². The topological polar surface area (TPSA) is 90.8 Å². The maximum atomic E-state index is 12.7. The second-order valence-corrected chi connectivity index (χ2v) is 17.9. The van der Waals surface area contributed by atoms with Gasteiger partial charge in [0.2, 0.25) is 5.91 Å². The molecule has 6 nitrogen and oxygen atoms in total. The van der Waals surface area contributed by atoms with E-state index in [1.54, 1.807) is 6.07 Å². The van der Waals surface area contributed by atoms with E-state index in [2.05, 4.69) is 63.6 Å². The van der Waals surface area contributed by atoms with Gasteiger partial charge >= 0.3 is 0 Å². The first-order chi connectivity index (χ1) is 18.9. The van der Waals surface area contributed by atoms with E-state index in [0.29, 0.717) is 24.6 Å². The molecule has 0 unspecified atom stereocenters. The molecule has 1 aliphatic rings. The standard InChI is InChI=1S/C33H52N2O4Si/c1-24(18-25-12-11-13-26(19-25)20-32(38)35-29-14-9-7-8-10-15-29)34-22-31(39-40(5,6)33(2,3)4)27-16-17-30(37)28(21-27)23-36/h11-13,16-17,19,21,24,29,31,34,36-37H,7-10,14-15,18,20,22-23H2,1-6H3,(H,35,38)/t24-,31-/m1/s1. The lowest BCUT2D eigenvalue weighted by Gasteiger charge is -2.40. The highest BCUT2D eigenvalue weighted by Gasteiger charge is 2.39. The minimum absolute atomic E-state index is 0.0521. The number of benzene rings is 2. The first kappa shape index (κ1) is 32.3. The quantitative estimate of drug-likeness (QED) is 0.172. The van der Waals surface area contributed by atoms with Crippen molar-refractivity contribution >= 4 is 14.2 Å². The van der Waals surface area contributed by atoms with Crippen LogP contribution in [-0.4, -0.2) is 43.1 Å². The van der Waals surface area contributed by atoms with Gasteiger partial charge in [-0.2, -0.15) is 0 Å². The van der Waals surface area contributed by atoms with Gasteiger partial charge in [-0.15, -0.1) is 0 Å². The molecule has 0 spiro atoms. The van der Waals surface area contributed by atoms with Crippen LogP contribution in [0.15, 0.2) is 42.5 Å². The average Bonchev–Trinajstić information content (AvgIpc) is 3.15. The van der Waals surface area contributed by atoms with Crippen LogP contribution in [-0.2, 0) is 28.7 Å². The first-order valence-electron chi connectivity index (χ1n) is 15.1. The van der Waals surface area contributed by atoms with Crippen molar-refractivity contribution in [2.45, 2.75) is 122 Å². The molecule has 1 amide bonds. The van der Waals surface area contributed by atoms with E-state index < -0.39 is 8.32 Å². The Labute approximate surface area is 243 Å². The van der Waals surface area contributed by atoms with Gasteiger partial charge in [0, 0.05) is 24.2 Å². The van der Waals surface area contributed by atoms with Gasteiger partial charge in [-0.25, -0.2) is 0 Å². The summed E-state index contributed by atoms with van der Waals surface area (Å²) in [6, 6.07) is 14.3. The monoisotopic (exact) mass is 568 g/mol. The lowest BCUT2D eigenvalue weighted by atomic mass is 10.0. The molecule has 40 heavy (non-hydrogen) atoms. The van der Waals surface area contributed by atoms with Crippen molar-refractivity contribution < 1.29 is 19.4 Å². The van der Waals surface area contributed by atoms with Gasteiger partial charge in [-0.3, -0.25) is 4.79 Å². The number of aliphatic hydroxyl groups excluding tert-OH is 1. The summed E-state index contributed by atoms with van der Waals surface area (Å²) in [5, 5.41) is 26.8. The van der Waals surface area contributed by atoms with Crippen LogP contribution in [0.4, 0.5) is 0 Å². The van der Waals surface area contributed by atoms with Crippen molar-refractivity contribution in [3.63, 3.8) is 0 Å². The van der Waals surface area contributed by atoms with Crippen LogP contribution in [0, 0.1) is 0 Å². The van der Waals surface area contributed by atoms with Crippen LogP contribution < -0.4 is 10.6 Å². The van der Waals surface area contributed by atoms with Crippen molar-refractivity contribution in [3.8, 4) is 5.75 Å². The third-order valence-corrected chi connectivity index (χ3v) is 13.1. The fourth-order valence-corrected chi connectivity index (χ4v) is 6.46. The Kier molecular flexibility index (Phi) is 11.8. The van der Waals surface area contributed by atoms with Crippen LogP contribution >= 0.6 is 0 Å². The molecule has 0 aromatic heterocycles. The van der Waals surface area contributed by atoms with E-state index in [1.165, 1.54) is 31.2 Å². The summed E-state index contributed by atoms with van der Waals surface area (Å²) >= 11 is 0. The Morgan fingerprint density at radius 1 is 1.05 bits per heavy atom. The molecule has 7 heteroatoms. The van der Waals surface area contributed by atoms with Gasteiger partial charge in [0.15, 0.2) is 8.32 Å². The summed E-state index contributed by atoms with van der Waals surface area (Å²) < 4.78 is 6.83. The predicted molar refractivity (Wildman–Crippen MR) is 166 cm³/mol. The minimum atomic E-state index is -2.08. The smallest absolute Gasteiger partial charge is 0.224 e. The zero-order valence-corrected chi connectivity index (χ0v) is 26.6. The maximum Gasteiger partial charge on any atom is 0.224 e. The van der Waals surface area contributed by atoms with E-state index in [0.717, 1.165) is 30.4 Å². The molecule has 1 saturated carbocycles. The Balaban J connectivity index is 1.62. The molecule has 222 valence electrons. The molecule has 2 aromatic carbocycles. The second-order valence-electron chi connectivity index (χ2n) is 13.2. The Bertz CT molecular complexity index is 1090. The number of carbonyl (C=O) groups is 1. The molecule has 2 aromatic rings. The van der Waals surface area contributed by atoms with Crippen molar-refractivity contribution in [1.82, 2.24) is 10.6 Å². The van der Waals surface area contributed by atoms with Crippen molar-refractivity contribution in [2.75, 3.05) is 6.54 Å². The van der Waals surface area contributed by atoms with Gasteiger partial charge < -0.3 is 25.3 Å². The molecule has 2 atom stereocenters. The number of aliphatic hydroxyl groups is 1. The largest absolute Gasteiger partial charge is 0.508 e. The first-order valence-corrected chi connectivity index (χ1v) is 18.0.